The number of nitrogens with zero attached hydrogens (tertiary/aromatic N) is 1. The summed E-state index contributed by atoms with van der Waals surface area (Å²) in [6.07, 6.45) is 1.76. The molecule has 1 aromatic rings. The van der Waals surface area contributed by atoms with Crippen LogP contribution < -0.4 is 4.74 Å². The zero-order valence-corrected chi connectivity index (χ0v) is 16.7. The molecule has 0 atom stereocenters. The van der Waals surface area contributed by atoms with Crippen molar-refractivity contribution in [3.63, 3.8) is 0 Å². The zero-order chi connectivity index (χ0) is 13.8. The van der Waals surface area contributed by atoms with Gasteiger partial charge in [0.05, 0.1) is 25.2 Å². The van der Waals surface area contributed by atoms with Gasteiger partial charge in [-0.05, 0) is 107 Å². The first-order valence-electron chi connectivity index (χ1n) is 5.54. The molecule has 1 aromatic carbocycles. The molecule has 0 aromatic heterocycles. The Kier molecular flexibility index (Phi) is 6.96. The molecule has 98 valence electrons. The number of ether oxygens (including phenoxy) is 1. The van der Waals surface area contributed by atoms with Gasteiger partial charge in [-0.15, -0.1) is 0 Å². The van der Waals surface area contributed by atoms with Crippen LogP contribution in [0.15, 0.2) is 12.1 Å². The van der Waals surface area contributed by atoms with Crippen molar-refractivity contribution in [3.05, 3.63) is 22.8 Å². The van der Waals surface area contributed by atoms with Crippen molar-refractivity contribution >= 4 is 67.8 Å². The maximum Gasteiger partial charge on any atom is 0.145 e. The molecule has 0 amide bonds. The lowest BCUT2D eigenvalue weighted by Crippen LogP contribution is -2.10. The lowest BCUT2D eigenvalue weighted by Gasteiger charge is -2.15. The SMILES string of the molecule is CC(C)(C#N)CCCOc1c(I)cc(I)cc1I. The average molecular weight is 581 g/mol. The van der Waals surface area contributed by atoms with Gasteiger partial charge in [-0.1, -0.05) is 0 Å². The molecule has 18 heavy (non-hydrogen) atoms. The van der Waals surface area contributed by atoms with Gasteiger partial charge < -0.3 is 4.74 Å². The van der Waals surface area contributed by atoms with Gasteiger partial charge in [0.25, 0.3) is 0 Å². The molecule has 0 saturated heterocycles. The summed E-state index contributed by atoms with van der Waals surface area (Å²) in [5.41, 5.74) is -0.254. The Morgan fingerprint density at radius 2 is 1.78 bits per heavy atom. The highest BCUT2D eigenvalue weighted by Gasteiger charge is 2.16. The van der Waals surface area contributed by atoms with Crippen molar-refractivity contribution in [2.45, 2.75) is 26.7 Å². The van der Waals surface area contributed by atoms with Crippen molar-refractivity contribution in [1.29, 1.82) is 5.26 Å². The van der Waals surface area contributed by atoms with E-state index in [1.165, 1.54) is 3.57 Å². The molecule has 1 rings (SSSR count). The summed E-state index contributed by atoms with van der Waals surface area (Å²) in [5, 5.41) is 8.94. The third kappa shape index (κ3) is 5.36. The standard InChI is InChI=1S/C13H14I3NO/c1-13(2,8-17)4-3-5-18-12-10(15)6-9(14)7-11(12)16/h6-7H,3-5H2,1-2H3. The number of hydrogen-bond donors (Lipinski definition) is 0. The third-order valence-corrected chi connectivity index (χ3v) is 4.68. The Morgan fingerprint density at radius 1 is 1.22 bits per heavy atom. The number of rotatable bonds is 5. The smallest absolute Gasteiger partial charge is 0.145 e. The molecule has 0 aliphatic rings. The molecule has 0 saturated carbocycles. The Balaban J connectivity index is 2.53. The summed E-state index contributed by atoms with van der Waals surface area (Å²) in [6, 6.07) is 6.53. The van der Waals surface area contributed by atoms with Gasteiger partial charge in [-0.2, -0.15) is 5.26 Å². The number of benzene rings is 1. The molecule has 0 spiro atoms. The van der Waals surface area contributed by atoms with E-state index in [2.05, 4.69) is 86.0 Å². The van der Waals surface area contributed by atoms with E-state index in [0.29, 0.717) is 6.61 Å². The quantitative estimate of drug-likeness (QED) is 0.354. The first-order chi connectivity index (χ1) is 8.35. The van der Waals surface area contributed by atoms with E-state index in [1.54, 1.807) is 0 Å². The second kappa shape index (κ2) is 7.47. The van der Waals surface area contributed by atoms with Crippen molar-refractivity contribution in [2.24, 2.45) is 5.41 Å². The highest BCUT2D eigenvalue weighted by Crippen LogP contribution is 2.30. The molecule has 0 aliphatic carbocycles. The van der Waals surface area contributed by atoms with Crippen LogP contribution in [0.25, 0.3) is 0 Å². The lowest BCUT2D eigenvalue weighted by atomic mass is 9.90. The summed E-state index contributed by atoms with van der Waals surface area (Å²) in [6.45, 7) is 4.59. The summed E-state index contributed by atoms with van der Waals surface area (Å²) >= 11 is 6.91. The lowest BCUT2D eigenvalue weighted by molar-refractivity contribution is 0.281. The van der Waals surface area contributed by atoms with E-state index in [0.717, 1.165) is 25.7 Å². The molecule has 0 radical (unpaired) electrons. The molecule has 0 bridgehead atoms. The molecular weight excluding hydrogens is 567 g/mol. The minimum Gasteiger partial charge on any atom is -0.491 e. The maximum atomic E-state index is 8.94. The van der Waals surface area contributed by atoms with Gasteiger partial charge >= 0.3 is 0 Å². The summed E-state index contributed by atoms with van der Waals surface area (Å²) < 4.78 is 9.34. The Hall–Kier alpha value is 0.700. The summed E-state index contributed by atoms with van der Waals surface area (Å²) in [7, 11) is 0. The van der Waals surface area contributed by atoms with Crippen LogP contribution in [-0.4, -0.2) is 6.61 Å². The van der Waals surface area contributed by atoms with E-state index in [1.807, 2.05) is 13.8 Å². The third-order valence-electron chi connectivity index (χ3n) is 2.46. The second-order valence-electron chi connectivity index (χ2n) is 4.65. The Labute approximate surface area is 149 Å². The fourth-order valence-corrected chi connectivity index (χ4v) is 5.31. The summed E-state index contributed by atoms with van der Waals surface area (Å²) in [4.78, 5) is 0. The average Bonchev–Trinajstić information content (AvgIpc) is 2.26. The van der Waals surface area contributed by atoms with Crippen LogP contribution >= 0.6 is 67.8 Å². The number of halogens is 3. The van der Waals surface area contributed by atoms with Crippen LogP contribution in [0.5, 0.6) is 5.75 Å². The van der Waals surface area contributed by atoms with E-state index in [9.17, 15) is 0 Å². The first-order valence-corrected chi connectivity index (χ1v) is 8.78. The molecule has 0 aliphatic heterocycles. The topological polar surface area (TPSA) is 33.0 Å². The monoisotopic (exact) mass is 581 g/mol. The predicted molar refractivity (Wildman–Crippen MR) is 98.7 cm³/mol. The van der Waals surface area contributed by atoms with Crippen molar-refractivity contribution in [2.75, 3.05) is 6.61 Å². The number of hydrogen-bond acceptors (Lipinski definition) is 2. The largest absolute Gasteiger partial charge is 0.491 e. The highest BCUT2D eigenvalue weighted by atomic mass is 127. The molecular formula is C13H14I3NO. The van der Waals surface area contributed by atoms with Crippen molar-refractivity contribution < 1.29 is 4.74 Å². The number of nitriles is 1. The van der Waals surface area contributed by atoms with Gasteiger partial charge in [0.1, 0.15) is 5.75 Å². The molecule has 2 nitrogen and oxygen atoms in total. The van der Waals surface area contributed by atoms with Crippen LogP contribution in [0.3, 0.4) is 0 Å². The molecule has 0 N–H and O–H groups in total. The van der Waals surface area contributed by atoms with Crippen LogP contribution in [0.2, 0.25) is 0 Å². The minimum atomic E-state index is -0.254. The van der Waals surface area contributed by atoms with Crippen LogP contribution in [0.4, 0.5) is 0 Å². The van der Waals surface area contributed by atoms with Gasteiger partial charge in [0.15, 0.2) is 0 Å². The maximum absolute atomic E-state index is 8.94. The zero-order valence-electron chi connectivity index (χ0n) is 10.3. The van der Waals surface area contributed by atoms with E-state index in [4.69, 9.17) is 10.00 Å². The molecule has 0 fully saturated rings. The Morgan fingerprint density at radius 3 is 2.28 bits per heavy atom. The van der Waals surface area contributed by atoms with Gasteiger partial charge in [-0.3, -0.25) is 0 Å². The van der Waals surface area contributed by atoms with Gasteiger partial charge in [0, 0.05) is 3.57 Å². The van der Waals surface area contributed by atoms with E-state index in [-0.39, 0.29) is 5.41 Å². The molecule has 0 heterocycles. The van der Waals surface area contributed by atoms with E-state index >= 15 is 0 Å². The van der Waals surface area contributed by atoms with Crippen molar-refractivity contribution in [3.8, 4) is 11.8 Å². The fraction of sp³-hybridized carbons (Fsp3) is 0.462. The van der Waals surface area contributed by atoms with Gasteiger partial charge in [-0.25, -0.2) is 0 Å². The van der Waals surface area contributed by atoms with E-state index < -0.39 is 0 Å². The minimum absolute atomic E-state index is 0.254. The second-order valence-corrected chi connectivity index (χ2v) is 8.22. The van der Waals surface area contributed by atoms with Crippen LogP contribution in [-0.2, 0) is 0 Å². The first kappa shape index (κ1) is 16.8. The Bertz CT molecular complexity index is 443. The normalized spacial score (nSPS) is 11.1. The summed E-state index contributed by atoms with van der Waals surface area (Å²) in [5.74, 6) is 0.964. The van der Waals surface area contributed by atoms with Crippen LogP contribution in [0.1, 0.15) is 26.7 Å². The molecule has 0 unspecified atom stereocenters. The fourth-order valence-electron chi connectivity index (χ4n) is 1.41. The van der Waals surface area contributed by atoms with Gasteiger partial charge in [0.2, 0.25) is 0 Å². The molecule has 5 heteroatoms. The predicted octanol–water partition coefficient (Wildman–Crippen LogP) is 5.21. The van der Waals surface area contributed by atoms with Crippen molar-refractivity contribution in [1.82, 2.24) is 0 Å². The highest BCUT2D eigenvalue weighted by molar-refractivity contribution is 14.1. The van der Waals surface area contributed by atoms with Crippen LogP contribution in [0, 0.1) is 27.5 Å².